The lowest BCUT2D eigenvalue weighted by Gasteiger charge is -2.26. The van der Waals surface area contributed by atoms with Gasteiger partial charge in [-0.25, -0.2) is 4.98 Å². The van der Waals surface area contributed by atoms with Crippen LogP contribution in [-0.4, -0.2) is 28.5 Å². The predicted octanol–water partition coefficient (Wildman–Crippen LogP) is 3.41. The molecule has 1 heterocycles. The minimum atomic E-state index is 0.526. The van der Waals surface area contributed by atoms with Gasteiger partial charge in [0.2, 0.25) is 0 Å². The van der Waals surface area contributed by atoms with E-state index in [0.29, 0.717) is 6.04 Å². The molecule has 19 heavy (non-hydrogen) atoms. The molecular formula is C15H27N3S. The Morgan fingerprint density at radius 3 is 2.79 bits per heavy atom. The van der Waals surface area contributed by atoms with E-state index in [-0.39, 0.29) is 0 Å². The molecule has 4 heteroatoms. The summed E-state index contributed by atoms with van der Waals surface area (Å²) >= 11 is 1.79. The molecule has 0 bridgehead atoms. The Morgan fingerprint density at radius 1 is 1.42 bits per heavy atom. The number of hydrogen-bond acceptors (Lipinski definition) is 4. The Bertz CT molecular complexity index is 369. The Hall–Kier alpha value is -0.450. The molecule has 0 aromatic carbocycles. The third-order valence-corrected chi connectivity index (χ3v) is 4.77. The molecule has 0 amide bonds. The van der Waals surface area contributed by atoms with Crippen molar-refractivity contribution in [3.05, 3.63) is 16.1 Å². The van der Waals surface area contributed by atoms with E-state index >= 15 is 0 Å². The van der Waals surface area contributed by atoms with Crippen LogP contribution in [0.5, 0.6) is 0 Å². The zero-order chi connectivity index (χ0) is 13.7. The monoisotopic (exact) mass is 281 g/mol. The number of nitrogens with one attached hydrogen (secondary N) is 1. The van der Waals surface area contributed by atoms with Gasteiger partial charge in [-0.2, -0.15) is 0 Å². The number of rotatable bonds is 7. The Labute approximate surface area is 121 Å². The van der Waals surface area contributed by atoms with Crippen LogP contribution in [-0.2, 0) is 13.1 Å². The molecule has 1 aromatic rings. The van der Waals surface area contributed by atoms with Crippen molar-refractivity contribution < 1.29 is 0 Å². The van der Waals surface area contributed by atoms with Crippen LogP contribution in [0.3, 0.4) is 0 Å². The first-order valence-corrected chi connectivity index (χ1v) is 8.47. The van der Waals surface area contributed by atoms with Crippen LogP contribution in [0.4, 0.5) is 0 Å². The minimum absolute atomic E-state index is 0.526. The molecule has 1 saturated carbocycles. The summed E-state index contributed by atoms with van der Waals surface area (Å²) in [5, 5.41) is 6.88. The second-order valence-corrected chi connectivity index (χ2v) is 6.71. The highest BCUT2D eigenvalue weighted by Gasteiger charge is 2.21. The lowest BCUT2D eigenvalue weighted by molar-refractivity contribution is 0.198. The van der Waals surface area contributed by atoms with Crippen LogP contribution in [0, 0.1) is 0 Å². The zero-order valence-electron chi connectivity index (χ0n) is 12.5. The second-order valence-electron chi connectivity index (χ2n) is 5.77. The maximum atomic E-state index is 4.76. The fourth-order valence-corrected chi connectivity index (χ4v) is 3.51. The summed E-state index contributed by atoms with van der Waals surface area (Å²) in [7, 11) is 0. The molecule has 1 aliphatic rings. The number of aromatic nitrogens is 1. The van der Waals surface area contributed by atoms with Gasteiger partial charge in [0.15, 0.2) is 0 Å². The first kappa shape index (κ1) is 14.9. The molecule has 0 radical (unpaired) electrons. The van der Waals surface area contributed by atoms with E-state index in [1.807, 2.05) is 0 Å². The van der Waals surface area contributed by atoms with E-state index in [2.05, 4.69) is 36.4 Å². The lowest BCUT2D eigenvalue weighted by Crippen LogP contribution is -2.32. The van der Waals surface area contributed by atoms with Crippen LogP contribution in [0.2, 0.25) is 0 Å². The average Bonchev–Trinajstić information content (AvgIpc) is 3.05. The molecule has 0 atom stereocenters. The van der Waals surface area contributed by atoms with Gasteiger partial charge < -0.3 is 5.32 Å². The summed E-state index contributed by atoms with van der Waals surface area (Å²) < 4.78 is 0. The fourth-order valence-electron chi connectivity index (χ4n) is 2.77. The maximum absolute atomic E-state index is 4.76. The standard InChI is InChI=1S/C15H27N3S/c1-4-18(14-7-5-6-8-14)10-13-11-19-15(17-13)9-16-12(2)3/h11-12,14,16H,4-10H2,1-3H3. The van der Waals surface area contributed by atoms with Gasteiger partial charge in [-0.1, -0.05) is 33.6 Å². The van der Waals surface area contributed by atoms with Crippen molar-refractivity contribution >= 4 is 11.3 Å². The zero-order valence-corrected chi connectivity index (χ0v) is 13.3. The summed E-state index contributed by atoms with van der Waals surface area (Å²) in [5.74, 6) is 0. The first-order valence-electron chi connectivity index (χ1n) is 7.59. The highest BCUT2D eigenvalue weighted by atomic mass is 32.1. The molecule has 1 N–H and O–H groups in total. The van der Waals surface area contributed by atoms with Crippen LogP contribution in [0.1, 0.15) is 57.2 Å². The van der Waals surface area contributed by atoms with Crippen molar-refractivity contribution in [3.8, 4) is 0 Å². The van der Waals surface area contributed by atoms with Gasteiger partial charge in [0.1, 0.15) is 5.01 Å². The van der Waals surface area contributed by atoms with Crippen LogP contribution < -0.4 is 5.32 Å². The molecule has 1 fully saturated rings. The predicted molar refractivity (Wildman–Crippen MR) is 82.4 cm³/mol. The van der Waals surface area contributed by atoms with E-state index in [0.717, 1.165) is 25.7 Å². The van der Waals surface area contributed by atoms with E-state index in [1.54, 1.807) is 11.3 Å². The molecule has 1 aromatic heterocycles. The fraction of sp³-hybridized carbons (Fsp3) is 0.800. The normalized spacial score (nSPS) is 16.9. The molecule has 2 rings (SSSR count). The SMILES string of the molecule is CCN(Cc1csc(CNC(C)C)n1)C1CCCC1. The number of hydrogen-bond donors (Lipinski definition) is 1. The van der Waals surface area contributed by atoms with Gasteiger partial charge in [0, 0.05) is 30.6 Å². The van der Waals surface area contributed by atoms with Gasteiger partial charge in [0.05, 0.1) is 5.69 Å². The quantitative estimate of drug-likeness (QED) is 0.830. The van der Waals surface area contributed by atoms with E-state index in [4.69, 9.17) is 4.98 Å². The first-order chi connectivity index (χ1) is 9.19. The third kappa shape index (κ3) is 4.55. The Morgan fingerprint density at radius 2 is 2.16 bits per heavy atom. The van der Waals surface area contributed by atoms with Gasteiger partial charge >= 0.3 is 0 Å². The summed E-state index contributed by atoms with van der Waals surface area (Å²) in [6, 6.07) is 1.32. The van der Waals surface area contributed by atoms with Crippen LogP contribution >= 0.6 is 11.3 Å². The maximum Gasteiger partial charge on any atom is 0.107 e. The molecule has 108 valence electrons. The topological polar surface area (TPSA) is 28.2 Å². The lowest BCUT2D eigenvalue weighted by atomic mass is 10.2. The summed E-state index contributed by atoms with van der Waals surface area (Å²) in [5.41, 5.74) is 1.25. The molecule has 0 unspecified atom stereocenters. The van der Waals surface area contributed by atoms with Crippen LogP contribution in [0.15, 0.2) is 5.38 Å². The molecule has 0 saturated heterocycles. The molecule has 1 aliphatic carbocycles. The van der Waals surface area contributed by atoms with Gasteiger partial charge in [0.25, 0.3) is 0 Å². The summed E-state index contributed by atoms with van der Waals surface area (Å²) in [4.78, 5) is 7.35. The summed E-state index contributed by atoms with van der Waals surface area (Å²) in [6.45, 7) is 9.69. The molecule has 0 spiro atoms. The van der Waals surface area contributed by atoms with Gasteiger partial charge in [-0.3, -0.25) is 4.90 Å². The number of thiazole rings is 1. The van der Waals surface area contributed by atoms with Crippen molar-refractivity contribution in [2.24, 2.45) is 0 Å². The third-order valence-electron chi connectivity index (χ3n) is 3.87. The minimum Gasteiger partial charge on any atom is -0.308 e. The van der Waals surface area contributed by atoms with Crippen molar-refractivity contribution in [2.75, 3.05) is 6.54 Å². The van der Waals surface area contributed by atoms with Crippen molar-refractivity contribution in [3.63, 3.8) is 0 Å². The molecule has 0 aliphatic heterocycles. The highest BCUT2D eigenvalue weighted by Crippen LogP contribution is 2.25. The van der Waals surface area contributed by atoms with Crippen molar-refractivity contribution in [1.29, 1.82) is 0 Å². The average molecular weight is 281 g/mol. The number of nitrogens with zero attached hydrogens (tertiary/aromatic N) is 2. The van der Waals surface area contributed by atoms with E-state index in [1.165, 1.54) is 36.4 Å². The smallest absolute Gasteiger partial charge is 0.107 e. The van der Waals surface area contributed by atoms with Crippen molar-refractivity contribution in [2.45, 2.75) is 71.6 Å². The molecular weight excluding hydrogens is 254 g/mol. The summed E-state index contributed by atoms with van der Waals surface area (Å²) in [6.07, 6.45) is 5.56. The highest BCUT2D eigenvalue weighted by molar-refractivity contribution is 7.09. The van der Waals surface area contributed by atoms with E-state index in [9.17, 15) is 0 Å². The molecule has 3 nitrogen and oxygen atoms in total. The van der Waals surface area contributed by atoms with Crippen LogP contribution in [0.25, 0.3) is 0 Å². The second kappa shape index (κ2) is 7.36. The van der Waals surface area contributed by atoms with Crippen molar-refractivity contribution in [1.82, 2.24) is 15.2 Å². The largest absolute Gasteiger partial charge is 0.308 e. The van der Waals surface area contributed by atoms with Gasteiger partial charge in [-0.15, -0.1) is 11.3 Å². The Kier molecular flexibility index (Phi) is 5.79. The van der Waals surface area contributed by atoms with E-state index < -0.39 is 0 Å². The Balaban J connectivity index is 1.87. The van der Waals surface area contributed by atoms with Gasteiger partial charge in [-0.05, 0) is 19.4 Å².